The summed E-state index contributed by atoms with van der Waals surface area (Å²) in [6.07, 6.45) is 0.259. The maximum Gasteiger partial charge on any atom is 0.130 e. The van der Waals surface area contributed by atoms with Crippen LogP contribution in [0.25, 0.3) is 0 Å². The zero-order chi connectivity index (χ0) is 13.8. The minimum Gasteiger partial charge on any atom is -0.271 e. The van der Waals surface area contributed by atoms with Crippen molar-refractivity contribution >= 4 is 0 Å². The Bertz CT molecular complexity index is 535. The third kappa shape index (κ3) is 3.13. The average Bonchev–Trinajstić information content (AvgIpc) is 2.39. The van der Waals surface area contributed by atoms with E-state index in [0.29, 0.717) is 0 Å². The third-order valence-corrected chi connectivity index (χ3v) is 2.90. The van der Waals surface area contributed by atoms with Crippen LogP contribution in [0.15, 0.2) is 42.5 Å². The molecule has 2 nitrogen and oxygen atoms in total. The Morgan fingerprint density at radius 2 is 1.53 bits per heavy atom. The molecule has 1 unspecified atom stereocenters. The Morgan fingerprint density at radius 1 is 0.947 bits per heavy atom. The van der Waals surface area contributed by atoms with Crippen LogP contribution in [0, 0.1) is 17.5 Å². The van der Waals surface area contributed by atoms with Gasteiger partial charge in [-0.1, -0.05) is 18.2 Å². The van der Waals surface area contributed by atoms with Gasteiger partial charge in [0.2, 0.25) is 0 Å². The average molecular weight is 266 g/mol. The van der Waals surface area contributed by atoms with E-state index in [9.17, 15) is 13.2 Å². The summed E-state index contributed by atoms with van der Waals surface area (Å²) in [5.74, 6) is 3.68. The van der Waals surface area contributed by atoms with Gasteiger partial charge in [0.25, 0.3) is 0 Å². The minimum atomic E-state index is -0.716. The first-order valence-electron chi connectivity index (χ1n) is 5.76. The molecule has 0 aliphatic carbocycles. The van der Waals surface area contributed by atoms with E-state index < -0.39 is 17.7 Å². The highest BCUT2D eigenvalue weighted by atomic mass is 19.1. The monoisotopic (exact) mass is 266 g/mol. The Labute approximate surface area is 109 Å². The van der Waals surface area contributed by atoms with Gasteiger partial charge in [0.1, 0.15) is 17.5 Å². The largest absolute Gasteiger partial charge is 0.271 e. The van der Waals surface area contributed by atoms with Crippen molar-refractivity contribution < 1.29 is 13.2 Å². The van der Waals surface area contributed by atoms with Crippen molar-refractivity contribution in [3.05, 3.63) is 71.0 Å². The number of hydrogen-bond donors (Lipinski definition) is 2. The van der Waals surface area contributed by atoms with E-state index in [-0.39, 0.29) is 17.8 Å². The van der Waals surface area contributed by atoms with E-state index in [1.54, 1.807) is 12.1 Å². The smallest absolute Gasteiger partial charge is 0.130 e. The number of nitrogens with two attached hydrogens (primary N) is 1. The Hall–Kier alpha value is -1.85. The second-order valence-electron chi connectivity index (χ2n) is 4.19. The van der Waals surface area contributed by atoms with E-state index in [1.165, 1.54) is 30.3 Å². The Balaban J connectivity index is 2.27. The lowest BCUT2D eigenvalue weighted by molar-refractivity contribution is 0.472. The van der Waals surface area contributed by atoms with E-state index in [2.05, 4.69) is 5.43 Å². The molecule has 2 aromatic rings. The Morgan fingerprint density at radius 3 is 2.05 bits per heavy atom. The number of hydrazine groups is 1. The lowest BCUT2D eigenvalue weighted by atomic mass is 9.98. The summed E-state index contributed by atoms with van der Waals surface area (Å²) in [5.41, 5.74) is 3.00. The second kappa shape index (κ2) is 5.86. The molecule has 0 fully saturated rings. The molecule has 0 saturated heterocycles. The molecule has 2 aromatic carbocycles. The zero-order valence-electron chi connectivity index (χ0n) is 10.0. The molecule has 0 bridgehead atoms. The highest BCUT2D eigenvalue weighted by Gasteiger charge is 2.19. The molecule has 3 N–H and O–H groups in total. The predicted octanol–water partition coefficient (Wildman–Crippen LogP) is 2.85. The van der Waals surface area contributed by atoms with Crippen LogP contribution < -0.4 is 11.3 Å². The van der Waals surface area contributed by atoms with Crippen molar-refractivity contribution in [1.82, 2.24) is 5.43 Å². The van der Waals surface area contributed by atoms with Crippen LogP contribution in [-0.4, -0.2) is 0 Å². The Kier molecular flexibility index (Phi) is 4.19. The number of rotatable bonds is 4. The van der Waals surface area contributed by atoms with Gasteiger partial charge in [-0.25, -0.2) is 13.2 Å². The second-order valence-corrected chi connectivity index (χ2v) is 4.19. The van der Waals surface area contributed by atoms with Crippen LogP contribution >= 0.6 is 0 Å². The van der Waals surface area contributed by atoms with Crippen LogP contribution in [0.4, 0.5) is 13.2 Å². The van der Waals surface area contributed by atoms with Gasteiger partial charge in [0.05, 0.1) is 6.04 Å². The highest BCUT2D eigenvalue weighted by molar-refractivity contribution is 5.26. The fourth-order valence-corrected chi connectivity index (χ4v) is 1.94. The zero-order valence-corrected chi connectivity index (χ0v) is 10.0. The fourth-order valence-electron chi connectivity index (χ4n) is 1.94. The molecule has 2 rings (SSSR count). The van der Waals surface area contributed by atoms with Gasteiger partial charge in [-0.2, -0.15) is 0 Å². The maximum atomic E-state index is 13.7. The molecule has 0 aliphatic heterocycles. The molecule has 0 aliphatic rings. The summed E-state index contributed by atoms with van der Waals surface area (Å²) in [5, 5.41) is 0. The van der Waals surface area contributed by atoms with Gasteiger partial charge in [-0.15, -0.1) is 0 Å². The van der Waals surface area contributed by atoms with E-state index in [1.807, 2.05) is 0 Å². The molecule has 0 aromatic heterocycles. The SMILES string of the molecule is NNC(Cc1ccc(F)cc1)c1c(F)cccc1F. The van der Waals surface area contributed by atoms with Gasteiger partial charge in [-0.05, 0) is 36.2 Å². The molecule has 19 heavy (non-hydrogen) atoms. The van der Waals surface area contributed by atoms with Crippen LogP contribution in [-0.2, 0) is 6.42 Å². The topological polar surface area (TPSA) is 38.0 Å². The van der Waals surface area contributed by atoms with Crippen LogP contribution in [0.2, 0.25) is 0 Å². The van der Waals surface area contributed by atoms with Crippen molar-refractivity contribution in [3.8, 4) is 0 Å². The molecule has 5 heteroatoms. The maximum absolute atomic E-state index is 13.7. The summed E-state index contributed by atoms with van der Waals surface area (Å²) < 4.78 is 40.1. The normalized spacial score (nSPS) is 12.4. The fraction of sp³-hybridized carbons (Fsp3) is 0.143. The van der Waals surface area contributed by atoms with Crippen molar-refractivity contribution in [2.45, 2.75) is 12.5 Å². The van der Waals surface area contributed by atoms with Crippen LogP contribution in [0.3, 0.4) is 0 Å². The number of hydrogen-bond acceptors (Lipinski definition) is 2. The summed E-state index contributed by atoms with van der Waals surface area (Å²) in [4.78, 5) is 0. The predicted molar refractivity (Wildman–Crippen MR) is 66.5 cm³/mol. The standard InChI is InChI=1S/C14H13F3N2/c15-10-6-4-9(5-7-10)8-13(19-18)14-11(16)2-1-3-12(14)17/h1-7,13,19H,8,18H2. The van der Waals surface area contributed by atoms with Gasteiger partial charge < -0.3 is 0 Å². The third-order valence-electron chi connectivity index (χ3n) is 2.90. The van der Waals surface area contributed by atoms with Crippen molar-refractivity contribution in [2.75, 3.05) is 0 Å². The molecule has 0 heterocycles. The molecule has 0 spiro atoms. The first kappa shape index (κ1) is 13.6. The van der Waals surface area contributed by atoms with Crippen molar-refractivity contribution in [3.63, 3.8) is 0 Å². The van der Waals surface area contributed by atoms with Gasteiger partial charge in [-0.3, -0.25) is 11.3 Å². The number of halogens is 3. The molecule has 0 radical (unpaired) electrons. The summed E-state index contributed by atoms with van der Waals surface area (Å²) in [6.45, 7) is 0. The minimum absolute atomic E-state index is 0.116. The van der Waals surface area contributed by atoms with Gasteiger partial charge in [0.15, 0.2) is 0 Å². The van der Waals surface area contributed by atoms with Crippen LogP contribution in [0.5, 0.6) is 0 Å². The molecule has 0 amide bonds. The highest BCUT2D eigenvalue weighted by Crippen LogP contribution is 2.23. The van der Waals surface area contributed by atoms with E-state index in [0.717, 1.165) is 5.56 Å². The lowest BCUT2D eigenvalue weighted by Crippen LogP contribution is -2.31. The number of benzene rings is 2. The summed E-state index contributed by atoms with van der Waals surface area (Å²) in [6, 6.07) is 8.62. The van der Waals surface area contributed by atoms with Gasteiger partial charge in [0, 0.05) is 5.56 Å². The van der Waals surface area contributed by atoms with Gasteiger partial charge >= 0.3 is 0 Å². The lowest BCUT2D eigenvalue weighted by Gasteiger charge is -2.17. The van der Waals surface area contributed by atoms with Crippen molar-refractivity contribution in [2.24, 2.45) is 5.84 Å². The first-order chi connectivity index (χ1) is 9.11. The quantitative estimate of drug-likeness (QED) is 0.659. The molecule has 0 saturated carbocycles. The molecule has 100 valence electrons. The summed E-state index contributed by atoms with van der Waals surface area (Å²) >= 11 is 0. The summed E-state index contributed by atoms with van der Waals surface area (Å²) in [7, 11) is 0. The van der Waals surface area contributed by atoms with Crippen LogP contribution in [0.1, 0.15) is 17.2 Å². The molecule has 1 atom stereocenters. The van der Waals surface area contributed by atoms with Crippen molar-refractivity contribution in [1.29, 1.82) is 0 Å². The number of nitrogens with one attached hydrogen (secondary N) is 1. The molecular formula is C14H13F3N2. The molecular weight excluding hydrogens is 253 g/mol. The first-order valence-corrected chi connectivity index (χ1v) is 5.76. The van der Waals surface area contributed by atoms with E-state index in [4.69, 9.17) is 5.84 Å². The van der Waals surface area contributed by atoms with E-state index >= 15 is 0 Å².